The molecular weight excluding hydrogens is 198 g/mol. The molecule has 0 aliphatic carbocycles. The Morgan fingerprint density at radius 1 is 1.60 bits per heavy atom. The Hall–Kier alpha value is -0.980. The summed E-state index contributed by atoms with van der Waals surface area (Å²) < 4.78 is 9.85. The molecule has 3 N–H and O–H groups in total. The SMILES string of the molecule is COCCc1noc(CC(C)(O)CN)n1. The van der Waals surface area contributed by atoms with Gasteiger partial charge in [-0.3, -0.25) is 0 Å². The van der Waals surface area contributed by atoms with Crippen molar-refractivity contribution in [3.05, 3.63) is 11.7 Å². The fraction of sp³-hybridized carbons (Fsp3) is 0.778. The summed E-state index contributed by atoms with van der Waals surface area (Å²) in [6.07, 6.45) is 0.869. The van der Waals surface area contributed by atoms with Crippen LogP contribution in [-0.4, -0.2) is 41.1 Å². The summed E-state index contributed by atoms with van der Waals surface area (Å²) in [5.74, 6) is 0.983. The van der Waals surface area contributed by atoms with Gasteiger partial charge >= 0.3 is 0 Å². The maximum absolute atomic E-state index is 9.68. The molecule has 1 heterocycles. The number of aliphatic hydroxyl groups is 1. The van der Waals surface area contributed by atoms with E-state index in [9.17, 15) is 5.11 Å². The lowest BCUT2D eigenvalue weighted by atomic mass is 10.0. The first-order valence-corrected chi connectivity index (χ1v) is 4.80. The predicted octanol–water partition coefficient (Wildman–Crippen LogP) is -0.489. The van der Waals surface area contributed by atoms with Crippen molar-refractivity contribution in [2.45, 2.75) is 25.4 Å². The van der Waals surface area contributed by atoms with Crippen LogP contribution in [0.2, 0.25) is 0 Å². The topological polar surface area (TPSA) is 94.4 Å². The highest BCUT2D eigenvalue weighted by Crippen LogP contribution is 2.10. The van der Waals surface area contributed by atoms with Gasteiger partial charge in [0, 0.05) is 20.1 Å². The van der Waals surface area contributed by atoms with Crippen LogP contribution in [0.1, 0.15) is 18.6 Å². The van der Waals surface area contributed by atoms with E-state index in [0.717, 1.165) is 0 Å². The van der Waals surface area contributed by atoms with Gasteiger partial charge in [-0.25, -0.2) is 0 Å². The molecular formula is C9H17N3O3. The fourth-order valence-electron chi connectivity index (χ4n) is 1.05. The number of hydrogen-bond acceptors (Lipinski definition) is 6. The van der Waals surface area contributed by atoms with Gasteiger partial charge in [-0.2, -0.15) is 4.98 Å². The van der Waals surface area contributed by atoms with Crippen molar-refractivity contribution in [1.29, 1.82) is 0 Å². The summed E-state index contributed by atoms with van der Waals surface area (Å²) in [5, 5.41) is 13.4. The van der Waals surface area contributed by atoms with E-state index in [1.165, 1.54) is 0 Å². The minimum Gasteiger partial charge on any atom is -0.388 e. The summed E-state index contributed by atoms with van der Waals surface area (Å²) in [7, 11) is 1.61. The average molecular weight is 215 g/mol. The van der Waals surface area contributed by atoms with Crippen LogP contribution >= 0.6 is 0 Å². The Morgan fingerprint density at radius 2 is 2.33 bits per heavy atom. The Balaban J connectivity index is 2.52. The van der Waals surface area contributed by atoms with Crippen molar-refractivity contribution in [1.82, 2.24) is 10.1 Å². The van der Waals surface area contributed by atoms with Gasteiger partial charge in [-0.15, -0.1) is 0 Å². The molecule has 1 rings (SSSR count). The summed E-state index contributed by atoms with van der Waals surface area (Å²) in [4.78, 5) is 4.11. The number of ether oxygens (including phenoxy) is 1. The first kappa shape index (κ1) is 12.1. The van der Waals surface area contributed by atoms with Crippen molar-refractivity contribution in [2.24, 2.45) is 5.73 Å². The first-order chi connectivity index (χ1) is 7.07. The standard InChI is InChI=1S/C9H17N3O3/c1-9(13,6-10)5-8-11-7(12-15-8)3-4-14-2/h13H,3-6,10H2,1-2H3. The van der Waals surface area contributed by atoms with Crippen molar-refractivity contribution in [3.8, 4) is 0 Å². The minimum atomic E-state index is -0.995. The van der Waals surface area contributed by atoms with Crippen LogP contribution in [0.4, 0.5) is 0 Å². The Bertz CT molecular complexity index is 299. The largest absolute Gasteiger partial charge is 0.388 e. The van der Waals surface area contributed by atoms with E-state index in [1.54, 1.807) is 14.0 Å². The lowest BCUT2D eigenvalue weighted by Gasteiger charge is -2.17. The van der Waals surface area contributed by atoms with Crippen molar-refractivity contribution in [3.63, 3.8) is 0 Å². The third kappa shape index (κ3) is 3.94. The van der Waals surface area contributed by atoms with E-state index in [1.807, 2.05) is 0 Å². The van der Waals surface area contributed by atoms with Gasteiger partial charge in [-0.1, -0.05) is 5.16 Å². The van der Waals surface area contributed by atoms with Crippen LogP contribution in [0.5, 0.6) is 0 Å². The third-order valence-electron chi connectivity index (χ3n) is 2.01. The second-order valence-electron chi connectivity index (χ2n) is 3.72. The van der Waals surface area contributed by atoms with Crippen molar-refractivity contribution >= 4 is 0 Å². The highest BCUT2D eigenvalue weighted by Gasteiger charge is 2.22. The summed E-state index contributed by atoms with van der Waals surface area (Å²) >= 11 is 0. The molecule has 6 heteroatoms. The molecule has 0 fully saturated rings. The summed E-state index contributed by atoms with van der Waals surface area (Å²) in [5.41, 5.74) is 4.39. The van der Waals surface area contributed by atoms with E-state index in [0.29, 0.717) is 24.7 Å². The normalized spacial score (nSPS) is 15.2. The quantitative estimate of drug-likeness (QED) is 0.665. The van der Waals surface area contributed by atoms with E-state index < -0.39 is 5.60 Å². The fourth-order valence-corrected chi connectivity index (χ4v) is 1.05. The molecule has 86 valence electrons. The molecule has 0 spiro atoms. The highest BCUT2D eigenvalue weighted by molar-refractivity contribution is 4.92. The zero-order valence-electron chi connectivity index (χ0n) is 9.06. The van der Waals surface area contributed by atoms with Gasteiger partial charge in [0.25, 0.3) is 0 Å². The zero-order valence-corrected chi connectivity index (χ0v) is 9.06. The number of nitrogens with two attached hydrogens (primary N) is 1. The van der Waals surface area contributed by atoms with E-state index in [-0.39, 0.29) is 13.0 Å². The molecule has 0 aromatic carbocycles. The first-order valence-electron chi connectivity index (χ1n) is 4.80. The Kier molecular flexibility index (Phi) is 4.19. The highest BCUT2D eigenvalue weighted by atomic mass is 16.5. The second kappa shape index (κ2) is 5.20. The lowest BCUT2D eigenvalue weighted by molar-refractivity contribution is 0.0610. The molecule has 0 saturated heterocycles. The lowest BCUT2D eigenvalue weighted by Crippen LogP contribution is -2.36. The van der Waals surface area contributed by atoms with Gasteiger partial charge in [0.1, 0.15) is 0 Å². The van der Waals surface area contributed by atoms with Crippen molar-refractivity contribution < 1.29 is 14.4 Å². The van der Waals surface area contributed by atoms with Gasteiger partial charge in [-0.05, 0) is 6.92 Å². The molecule has 1 unspecified atom stereocenters. The monoisotopic (exact) mass is 215 g/mol. The molecule has 0 amide bonds. The Labute approximate surface area is 88.4 Å². The van der Waals surface area contributed by atoms with Gasteiger partial charge in [0.15, 0.2) is 5.82 Å². The second-order valence-corrected chi connectivity index (χ2v) is 3.72. The van der Waals surface area contributed by atoms with E-state index >= 15 is 0 Å². The molecule has 15 heavy (non-hydrogen) atoms. The summed E-state index contributed by atoms with van der Waals surface area (Å²) in [6, 6.07) is 0. The van der Waals surface area contributed by atoms with Crippen LogP contribution in [0.15, 0.2) is 4.52 Å². The smallest absolute Gasteiger partial charge is 0.229 e. The Morgan fingerprint density at radius 3 is 2.93 bits per heavy atom. The van der Waals surface area contributed by atoms with Gasteiger partial charge < -0.3 is 20.1 Å². The van der Waals surface area contributed by atoms with Crippen LogP contribution in [0.3, 0.4) is 0 Å². The van der Waals surface area contributed by atoms with Gasteiger partial charge in [0.2, 0.25) is 5.89 Å². The average Bonchev–Trinajstić information content (AvgIpc) is 2.62. The molecule has 0 radical (unpaired) electrons. The van der Waals surface area contributed by atoms with E-state index in [4.69, 9.17) is 15.0 Å². The number of nitrogens with zero attached hydrogens (tertiary/aromatic N) is 2. The molecule has 0 aliphatic rings. The van der Waals surface area contributed by atoms with Crippen LogP contribution in [-0.2, 0) is 17.6 Å². The predicted molar refractivity (Wildman–Crippen MR) is 53.3 cm³/mol. The molecule has 0 saturated carbocycles. The molecule has 1 atom stereocenters. The molecule has 0 aliphatic heterocycles. The van der Waals surface area contributed by atoms with E-state index in [2.05, 4.69) is 10.1 Å². The van der Waals surface area contributed by atoms with Crippen LogP contribution < -0.4 is 5.73 Å². The number of rotatable bonds is 6. The number of aromatic nitrogens is 2. The molecule has 6 nitrogen and oxygen atoms in total. The number of methoxy groups -OCH3 is 1. The minimum absolute atomic E-state index is 0.156. The maximum atomic E-state index is 9.68. The van der Waals surface area contributed by atoms with Crippen molar-refractivity contribution in [2.75, 3.05) is 20.3 Å². The van der Waals surface area contributed by atoms with Gasteiger partial charge in [0.05, 0.1) is 18.6 Å². The molecule has 1 aromatic heterocycles. The third-order valence-corrected chi connectivity index (χ3v) is 2.01. The van der Waals surface area contributed by atoms with Crippen LogP contribution in [0, 0.1) is 0 Å². The zero-order chi connectivity index (χ0) is 11.3. The van der Waals surface area contributed by atoms with Crippen LogP contribution in [0.25, 0.3) is 0 Å². The summed E-state index contributed by atoms with van der Waals surface area (Å²) in [6.45, 7) is 2.33. The molecule has 0 bridgehead atoms. The molecule has 1 aromatic rings. The maximum Gasteiger partial charge on any atom is 0.229 e. The number of hydrogen-bond donors (Lipinski definition) is 2.